The van der Waals surface area contributed by atoms with Crippen LogP contribution in [0.25, 0.3) is 0 Å². The van der Waals surface area contributed by atoms with Gasteiger partial charge in [-0.3, -0.25) is 0 Å². The SMILES string of the molecule is CCCCCC(N)C(O)C(N)CO. The maximum Gasteiger partial charge on any atom is 0.0864 e. The van der Waals surface area contributed by atoms with Gasteiger partial charge in [-0.25, -0.2) is 0 Å². The van der Waals surface area contributed by atoms with Crippen LogP contribution in [-0.4, -0.2) is 35.0 Å². The van der Waals surface area contributed by atoms with Crippen LogP contribution in [0, 0.1) is 0 Å². The highest BCUT2D eigenvalue weighted by Gasteiger charge is 2.20. The van der Waals surface area contributed by atoms with Gasteiger partial charge in [-0.2, -0.15) is 0 Å². The average molecular weight is 190 g/mol. The van der Waals surface area contributed by atoms with Crippen molar-refractivity contribution < 1.29 is 10.2 Å². The first kappa shape index (κ1) is 12.8. The molecule has 0 saturated carbocycles. The van der Waals surface area contributed by atoms with E-state index in [0.29, 0.717) is 0 Å². The zero-order valence-electron chi connectivity index (χ0n) is 8.32. The van der Waals surface area contributed by atoms with Crippen molar-refractivity contribution in [3.8, 4) is 0 Å². The Bertz CT molecular complexity index is 122. The highest BCUT2D eigenvalue weighted by atomic mass is 16.3. The lowest BCUT2D eigenvalue weighted by molar-refractivity contribution is 0.0834. The third-order valence-electron chi connectivity index (χ3n) is 2.23. The summed E-state index contributed by atoms with van der Waals surface area (Å²) in [6.07, 6.45) is 3.24. The molecule has 13 heavy (non-hydrogen) atoms. The van der Waals surface area contributed by atoms with E-state index >= 15 is 0 Å². The van der Waals surface area contributed by atoms with Crippen LogP contribution in [0.3, 0.4) is 0 Å². The first-order chi connectivity index (χ1) is 6.13. The van der Waals surface area contributed by atoms with Crippen LogP contribution in [0.15, 0.2) is 0 Å². The molecule has 0 aliphatic carbocycles. The molecule has 4 nitrogen and oxygen atoms in total. The third-order valence-corrected chi connectivity index (χ3v) is 2.23. The van der Waals surface area contributed by atoms with Crippen molar-refractivity contribution in [2.75, 3.05) is 6.61 Å². The minimum atomic E-state index is -0.790. The largest absolute Gasteiger partial charge is 0.395 e. The van der Waals surface area contributed by atoms with E-state index in [-0.39, 0.29) is 12.6 Å². The summed E-state index contributed by atoms with van der Waals surface area (Å²) in [4.78, 5) is 0. The van der Waals surface area contributed by atoms with Gasteiger partial charge in [0.25, 0.3) is 0 Å². The van der Waals surface area contributed by atoms with Gasteiger partial charge in [0.2, 0.25) is 0 Å². The number of rotatable bonds is 7. The maximum atomic E-state index is 9.48. The molecule has 0 aromatic heterocycles. The van der Waals surface area contributed by atoms with E-state index in [4.69, 9.17) is 16.6 Å². The molecule has 0 fully saturated rings. The molecule has 0 radical (unpaired) electrons. The van der Waals surface area contributed by atoms with E-state index in [1.807, 2.05) is 0 Å². The van der Waals surface area contributed by atoms with Gasteiger partial charge in [0.05, 0.1) is 18.8 Å². The molecule has 0 rings (SSSR count). The van der Waals surface area contributed by atoms with E-state index in [0.717, 1.165) is 25.7 Å². The highest BCUT2D eigenvalue weighted by Crippen LogP contribution is 2.06. The monoisotopic (exact) mass is 190 g/mol. The minimum Gasteiger partial charge on any atom is -0.395 e. The van der Waals surface area contributed by atoms with Gasteiger partial charge in [-0.05, 0) is 6.42 Å². The Labute approximate surface area is 79.9 Å². The second-order valence-electron chi connectivity index (χ2n) is 3.50. The molecule has 0 saturated heterocycles. The molecule has 80 valence electrons. The number of aliphatic hydroxyl groups is 2. The van der Waals surface area contributed by atoms with E-state index in [9.17, 15) is 5.11 Å². The second kappa shape index (κ2) is 7.26. The summed E-state index contributed by atoms with van der Waals surface area (Å²) in [5, 5.41) is 18.2. The zero-order chi connectivity index (χ0) is 10.3. The highest BCUT2D eigenvalue weighted by molar-refractivity contribution is 4.80. The van der Waals surface area contributed by atoms with Crippen LogP contribution < -0.4 is 11.5 Å². The number of hydrogen-bond donors (Lipinski definition) is 4. The summed E-state index contributed by atoms with van der Waals surface area (Å²) in [5.74, 6) is 0. The summed E-state index contributed by atoms with van der Waals surface area (Å²) < 4.78 is 0. The quantitative estimate of drug-likeness (QED) is 0.410. The van der Waals surface area contributed by atoms with Crippen molar-refractivity contribution in [3.63, 3.8) is 0 Å². The summed E-state index contributed by atoms with van der Waals surface area (Å²) in [6, 6.07) is -0.926. The standard InChI is InChI=1S/C9H22N2O2/c1-2-3-4-5-7(10)9(13)8(11)6-12/h7-9,12-13H,2-6,10-11H2,1H3. The van der Waals surface area contributed by atoms with Gasteiger partial charge in [0.15, 0.2) is 0 Å². The van der Waals surface area contributed by atoms with Gasteiger partial charge in [0.1, 0.15) is 0 Å². The third kappa shape index (κ3) is 5.21. The Morgan fingerprint density at radius 2 is 1.77 bits per heavy atom. The van der Waals surface area contributed by atoms with Gasteiger partial charge in [-0.1, -0.05) is 26.2 Å². The first-order valence-electron chi connectivity index (χ1n) is 4.93. The molecule has 0 aliphatic rings. The van der Waals surface area contributed by atoms with E-state index in [2.05, 4.69) is 6.92 Å². The normalized spacial score (nSPS) is 18.2. The number of nitrogens with two attached hydrogens (primary N) is 2. The van der Waals surface area contributed by atoms with Crippen molar-refractivity contribution >= 4 is 0 Å². The van der Waals surface area contributed by atoms with E-state index in [1.165, 1.54) is 0 Å². The van der Waals surface area contributed by atoms with Crippen molar-refractivity contribution in [3.05, 3.63) is 0 Å². The molecule has 0 aromatic carbocycles. The summed E-state index contributed by atoms with van der Waals surface area (Å²) in [5.41, 5.74) is 11.1. The average Bonchev–Trinajstić information content (AvgIpc) is 2.15. The fourth-order valence-corrected chi connectivity index (χ4v) is 1.23. The van der Waals surface area contributed by atoms with Gasteiger partial charge in [0, 0.05) is 6.04 Å². The molecule has 3 atom stereocenters. The molecule has 0 bridgehead atoms. The predicted octanol–water partition coefficient (Wildman–Crippen LogP) is -0.425. The van der Waals surface area contributed by atoms with Crippen LogP contribution in [-0.2, 0) is 0 Å². The molecular formula is C9H22N2O2. The summed E-state index contributed by atoms with van der Waals surface area (Å²) >= 11 is 0. The van der Waals surface area contributed by atoms with E-state index in [1.54, 1.807) is 0 Å². The Morgan fingerprint density at radius 3 is 2.23 bits per heavy atom. The van der Waals surface area contributed by atoms with Crippen molar-refractivity contribution in [2.24, 2.45) is 11.5 Å². The van der Waals surface area contributed by atoms with Gasteiger partial charge in [-0.15, -0.1) is 0 Å². The maximum absolute atomic E-state index is 9.48. The molecular weight excluding hydrogens is 168 g/mol. The van der Waals surface area contributed by atoms with Crippen molar-refractivity contribution in [1.82, 2.24) is 0 Å². The zero-order valence-corrected chi connectivity index (χ0v) is 8.32. The fraction of sp³-hybridized carbons (Fsp3) is 1.00. The molecule has 0 aromatic rings. The Morgan fingerprint density at radius 1 is 1.15 bits per heavy atom. The van der Waals surface area contributed by atoms with Gasteiger partial charge < -0.3 is 21.7 Å². The number of hydrogen-bond acceptors (Lipinski definition) is 4. The Kier molecular flexibility index (Phi) is 7.17. The lowest BCUT2D eigenvalue weighted by atomic mass is 9.99. The minimum absolute atomic E-state index is 0.220. The number of aliphatic hydroxyl groups excluding tert-OH is 2. The molecule has 0 heterocycles. The van der Waals surface area contributed by atoms with E-state index < -0.39 is 12.1 Å². The molecule has 0 amide bonds. The van der Waals surface area contributed by atoms with Crippen LogP contribution in [0.5, 0.6) is 0 Å². The molecule has 4 heteroatoms. The van der Waals surface area contributed by atoms with Crippen LogP contribution in [0.2, 0.25) is 0 Å². The topological polar surface area (TPSA) is 92.5 Å². The van der Waals surface area contributed by atoms with Crippen LogP contribution >= 0.6 is 0 Å². The molecule has 3 unspecified atom stereocenters. The fourth-order valence-electron chi connectivity index (χ4n) is 1.23. The second-order valence-corrected chi connectivity index (χ2v) is 3.50. The van der Waals surface area contributed by atoms with Gasteiger partial charge >= 0.3 is 0 Å². The van der Waals surface area contributed by atoms with Crippen molar-refractivity contribution in [2.45, 2.75) is 50.8 Å². The van der Waals surface area contributed by atoms with Crippen LogP contribution in [0.1, 0.15) is 32.6 Å². The molecule has 0 spiro atoms. The van der Waals surface area contributed by atoms with Crippen LogP contribution in [0.4, 0.5) is 0 Å². The summed E-state index contributed by atoms with van der Waals surface area (Å²) in [6.45, 7) is 1.89. The first-order valence-corrected chi connectivity index (χ1v) is 4.93. The summed E-state index contributed by atoms with van der Waals surface area (Å²) in [7, 11) is 0. The Hall–Kier alpha value is -0.160. The lowest BCUT2D eigenvalue weighted by Gasteiger charge is -2.23. The predicted molar refractivity (Wildman–Crippen MR) is 53.2 cm³/mol. The number of unbranched alkanes of at least 4 members (excludes halogenated alkanes) is 2. The molecule has 0 aliphatic heterocycles. The lowest BCUT2D eigenvalue weighted by Crippen LogP contribution is -2.49. The Balaban J connectivity index is 3.62. The van der Waals surface area contributed by atoms with Crippen molar-refractivity contribution in [1.29, 1.82) is 0 Å². The molecule has 6 N–H and O–H groups in total. The smallest absolute Gasteiger partial charge is 0.0864 e.